The molecule has 1 heterocycles. The maximum absolute atomic E-state index is 10.6. The molecule has 8 heteroatoms. The van der Waals surface area contributed by atoms with Gasteiger partial charge in [-0.3, -0.25) is 20.2 Å². The summed E-state index contributed by atoms with van der Waals surface area (Å²) in [5.41, 5.74) is 0. The van der Waals surface area contributed by atoms with Crippen LogP contribution in [0.15, 0.2) is 0 Å². The van der Waals surface area contributed by atoms with Gasteiger partial charge in [-0.25, -0.2) is 0 Å². The van der Waals surface area contributed by atoms with Crippen LogP contribution in [0, 0.1) is 0 Å². The predicted octanol–water partition coefficient (Wildman–Crippen LogP) is -0.751. The number of nitrogens with one attached hydrogen (secondary N) is 2. The first-order valence-electron chi connectivity index (χ1n) is 2.70. The van der Waals surface area contributed by atoms with E-state index in [1.165, 1.54) is 0 Å². The summed E-state index contributed by atoms with van der Waals surface area (Å²) in [5.74, 6) is -4.43. The van der Waals surface area contributed by atoms with Gasteiger partial charge in [0.1, 0.15) is 0 Å². The zero-order valence-electron chi connectivity index (χ0n) is 5.40. The van der Waals surface area contributed by atoms with Crippen LogP contribution >= 0.6 is 34.8 Å². The van der Waals surface area contributed by atoms with Crippen molar-refractivity contribution < 1.29 is 14.7 Å². The van der Waals surface area contributed by atoms with Crippen molar-refractivity contribution in [3.63, 3.8) is 0 Å². The van der Waals surface area contributed by atoms with Crippen LogP contribution in [0.25, 0.3) is 0 Å². The van der Waals surface area contributed by atoms with Gasteiger partial charge < -0.3 is 5.11 Å². The Balaban J connectivity index is 2.91. The Bertz CT molecular complexity index is 232. The van der Waals surface area contributed by atoms with E-state index in [1.807, 2.05) is 0 Å². The van der Waals surface area contributed by atoms with E-state index >= 15 is 0 Å². The molecular formula is C4H3Cl3N2O3. The summed E-state index contributed by atoms with van der Waals surface area (Å²) >= 11 is 15.8. The van der Waals surface area contributed by atoms with E-state index in [1.54, 1.807) is 10.6 Å². The second-order valence-corrected chi connectivity index (χ2v) is 4.40. The molecule has 5 nitrogen and oxygen atoms in total. The summed E-state index contributed by atoms with van der Waals surface area (Å²) in [7, 11) is 0. The second-order valence-electron chi connectivity index (χ2n) is 2.12. The highest BCUT2D eigenvalue weighted by atomic mass is 35.6. The van der Waals surface area contributed by atoms with Crippen molar-refractivity contribution in [2.24, 2.45) is 0 Å². The standard InChI is InChI=1S/C4H3Cl3N2O3/c5-3(6,7)4(12)8-1(10)2(11)9-4/h12H,(H,8,10)(H,9,11). The van der Waals surface area contributed by atoms with Gasteiger partial charge in [0.15, 0.2) is 0 Å². The van der Waals surface area contributed by atoms with Crippen LogP contribution in [0.2, 0.25) is 0 Å². The number of carbonyl (C=O) groups excluding carboxylic acids is 2. The molecule has 1 rings (SSSR count). The molecule has 68 valence electrons. The summed E-state index contributed by atoms with van der Waals surface area (Å²) in [4.78, 5) is 21.2. The van der Waals surface area contributed by atoms with Gasteiger partial charge in [-0.1, -0.05) is 34.8 Å². The highest BCUT2D eigenvalue weighted by Crippen LogP contribution is 2.36. The normalized spacial score (nSPS) is 22.0. The summed E-state index contributed by atoms with van der Waals surface area (Å²) < 4.78 is -2.21. The molecule has 0 aromatic rings. The van der Waals surface area contributed by atoms with Gasteiger partial charge in [0.25, 0.3) is 9.64 Å². The Kier molecular flexibility index (Phi) is 2.16. The van der Waals surface area contributed by atoms with Gasteiger partial charge in [-0.05, 0) is 0 Å². The maximum Gasteiger partial charge on any atom is 0.313 e. The number of hydrogen-bond acceptors (Lipinski definition) is 3. The van der Waals surface area contributed by atoms with Crippen LogP contribution in [0.3, 0.4) is 0 Å². The van der Waals surface area contributed by atoms with E-state index in [-0.39, 0.29) is 0 Å². The zero-order chi connectivity index (χ0) is 9.57. The minimum atomic E-state index is -2.33. The smallest absolute Gasteiger partial charge is 0.313 e. The third-order valence-electron chi connectivity index (χ3n) is 1.21. The van der Waals surface area contributed by atoms with E-state index in [9.17, 15) is 14.7 Å². The molecule has 1 fully saturated rings. The summed E-state index contributed by atoms with van der Waals surface area (Å²) in [5, 5.41) is 12.9. The van der Waals surface area contributed by atoms with Crippen molar-refractivity contribution in [2.45, 2.75) is 9.64 Å². The number of amides is 2. The van der Waals surface area contributed by atoms with Crippen LogP contribution in [0.4, 0.5) is 0 Å². The Labute approximate surface area is 82.0 Å². The molecule has 0 unspecified atom stereocenters. The minimum Gasteiger partial charge on any atom is -0.351 e. The average Bonchev–Trinajstić information content (AvgIpc) is 2.06. The largest absolute Gasteiger partial charge is 0.351 e. The van der Waals surface area contributed by atoms with E-state index in [2.05, 4.69) is 0 Å². The van der Waals surface area contributed by atoms with Crippen molar-refractivity contribution in [3.8, 4) is 0 Å². The van der Waals surface area contributed by atoms with Crippen LogP contribution in [0.5, 0.6) is 0 Å². The van der Waals surface area contributed by atoms with Gasteiger partial charge in [-0.15, -0.1) is 0 Å². The number of carbonyl (C=O) groups is 2. The lowest BCUT2D eigenvalue weighted by Crippen LogP contribution is -2.59. The van der Waals surface area contributed by atoms with E-state index in [0.717, 1.165) is 0 Å². The van der Waals surface area contributed by atoms with Crippen molar-refractivity contribution in [3.05, 3.63) is 0 Å². The highest BCUT2D eigenvalue weighted by Gasteiger charge is 2.55. The second kappa shape index (κ2) is 2.63. The van der Waals surface area contributed by atoms with Crippen molar-refractivity contribution in [1.82, 2.24) is 10.6 Å². The van der Waals surface area contributed by atoms with Crippen LogP contribution in [-0.2, 0) is 9.59 Å². The highest BCUT2D eigenvalue weighted by molar-refractivity contribution is 6.68. The van der Waals surface area contributed by atoms with Crippen molar-refractivity contribution >= 4 is 46.6 Å². The van der Waals surface area contributed by atoms with Crippen LogP contribution in [-0.4, -0.2) is 26.6 Å². The van der Waals surface area contributed by atoms with Crippen LogP contribution in [0.1, 0.15) is 0 Å². The van der Waals surface area contributed by atoms with Gasteiger partial charge in [0, 0.05) is 0 Å². The first-order valence-corrected chi connectivity index (χ1v) is 3.83. The number of alkyl halides is 3. The lowest BCUT2D eigenvalue weighted by molar-refractivity contribution is -0.135. The van der Waals surface area contributed by atoms with Gasteiger partial charge in [0.2, 0.25) is 0 Å². The zero-order valence-corrected chi connectivity index (χ0v) is 7.67. The minimum absolute atomic E-state index is 1.05. The molecule has 0 bridgehead atoms. The summed E-state index contributed by atoms with van der Waals surface area (Å²) in [6, 6.07) is 0. The first-order chi connectivity index (χ1) is 5.26. The Morgan fingerprint density at radius 1 is 1.17 bits per heavy atom. The Morgan fingerprint density at radius 3 is 1.67 bits per heavy atom. The number of hydrogen-bond donors (Lipinski definition) is 3. The van der Waals surface area contributed by atoms with Crippen molar-refractivity contribution in [2.75, 3.05) is 0 Å². The van der Waals surface area contributed by atoms with Gasteiger partial charge in [-0.2, -0.15) is 0 Å². The lowest BCUT2D eigenvalue weighted by Gasteiger charge is -2.28. The fourth-order valence-corrected chi connectivity index (χ4v) is 0.899. The molecule has 0 radical (unpaired) electrons. The third-order valence-corrected chi connectivity index (χ3v) is 2.03. The molecule has 12 heavy (non-hydrogen) atoms. The van der Waals surface area contributed by atoms with Gasteiger partial charge in [0.05, 0.1) is 0 Å². The summed E-state index contributed by atoms with van der Waals surface area (Å²) in [6.45, 7) is 0. The topological polar surface area (TPSA) is 78.4 Å². The molecule has 1 aliphatic rings. The molecule has 0 atom stereocenters. The molecule has 0 spiro atoms. The molecule has 0 aliphatic carbocycles. The van der Waals surface area contributed by atoms with Crippen molar-refractivity contribution in [1.29, 1.82) is 0 Å². The average molecular weight is 233 g/mol. The maximum atomic E-state index is 10.6. The van der Waals surface area contributed by atoms with Crippen LogP contribution < -0.4 is 10.6 Å². The molecule has 1 saturated heterocycles. The quantitative estimate of drug-likeness (QED) is 0.380. The van der Waals surface area contributed by atoms with E-state index < -0.39 is 21.5 Å². The SMILES string of the molecule is O=C1NC(O)(C(Cl)(Cl)Cl)NC1=O. The molecule has 0 aromatic heterocycles. The fraction of sp³-hybridized carbons (Fsp3) is 0.500. The number of halogens is 3. The van der Waals surface area contributed by atoms with E-state index in [0.29, 0.717) is 0 Å². The fourth-order valence-electron chi connectivity index (χ4n) is 0.615. The molecule has 0 aromatic carbocycles. The molecule has 2 amide bonds. The molecule has 0 saturated carbocycles. The number of rotatable bonds is 0. The van der Waals surface area contributed by atoms with E-state index in [4.69, 9.17) is 34.8 Å². The Morgan fingerprint density at radius 2 is 1.50 bits per heavy atom. The van der Waals surface area contributed by atoms with Gasteiger partial charge >= 0.3 is 11.8 Å². The number of aliphatic hydroxyl groups is 1. The predicted molar refractivity (Wildman–Crippen MR) is 41.5 cm³/mol. The molecule has 3 N–H and O–H groups in total. The first kappa shape index (κ1) is 9.85. The molecule has 1 aliphatic heterocycles. The summed E-state index contributed by atoms with van der Waals surface area (Å²) in [6.07, 6.45) is 0. The molecular weight excluding hydrogens is 230 g/mol. The Hall–Kier alpha value is -0.230. The lowest BCUT2D eigenvalue weighted by atomic mass is 10.5. The monoisotopic (exact) mass is 232 g/mol. The third kappa shape index (κ3) is 1.45.